The molecule has 2 N–H and O–H groups in total. The highest BCUT2D eigenvalue weighted by atomic mass is 32.2. The summed E-state index contributed by atoms with van der Waals surface area (Å²) in [6, 6.07) is 8.70. The zero-order chi connectivity index (χ0) is 19.6. The van der Waals surface area contributed by atoms with Crippen LogP contribution in [0.5, 0.6) is 5.75 Å². The lowest BCUT2D eigenvalue weighted by Crippen LogP contribution is -2.48. The molecule has 9 heteroatoms. The predicted molar refractivity (Wildman–Crippen MR) is 99.1 cm³/mol. The summed E-state index contributed by atoms with van der Waals surface area (Å²) in [5.74, 6) is -0.734. The van der Waals surface area contributed by atoms with Gasteiger partial charge in [0.1, 0.15) is 0 Å². The first-order valence-electron chi connectivity index (χ1n) is 8.48. The molecule has 1 fully saturated rings. The first-order chi connectivity index (χ1) is 12.8. The summed E-state index contributed by atoms with van der Waals surface area (Å²) in [4.78, 5) is 16.3. The van der Waals surface area contributed by atoms with Crippen molar-refractivity contribution in [3.05, 3.63) is 48.2 Å². The Balaban J connectivity index is 1.84. The summed E-state index contributed by atoms with van der Waals surface area (Å²) in [5, 5.41) is 12.2. The third-order valence-electron chi connectivity index (χ3n) is 4.14. The van der Waals surface area contributed by atoms with Crippen molar-refractivity contribution in [2.75, 3.05) is 18.4 Å². The van der Waals surface area contributed by atoms with Gasteiger partial charge < -0.3 is 15.2 Å². The van der Waals surface area contributed by atoms with Gasteiger partial charge in [-0.15, -0.1) is 0 Å². The fourth-order valence-electron chi connectivity index (χ4n) is 2.95. The van der Waals surface area contributed by atoms with E-state index in [2.05, 4.69) is 10.3 Å². The topological polar surface area (TPSA) is 109 Å². The second-order valence-corrected chi connectivity index (χ2v) is 8.37. The van der Waals surface area contributed by atoms with Crippen LogP contribution in [0.2, 0.25) is 0 Å². The Kier molecular flexibility index (Phi) is 5.45. The Morgan fingerprint density at radius 2 is 1.93 bits per heavy atom. The van der Waals surface area contributed by atoms with Crippen molar-refractivity contribution in [2.24, 2.45) is 0 Å². The van der Waals surface area contributed by atoms with E-state index in [1.165, 1.54) is 46.9 Å². The monoisotopic (exact) mass is 391 g/mol. The van der Waals surface area contributed by atoms with Crippen molar-refractivity contribution in [3.63, 3.8) is 0 Å². The number of nitrogens with one attached hydrogen (secondary N) is 1. The van der Waals surface area contributed by atoms with Crippen molar-refractivity contribution < 1.29 is 23.1 Å². The summed E-state index contributed by atoms with van der Waals surface area (Å²) in [5.41, 5.74) is 0.149. The van der Waals surface area contributed by atoms with Crippen molar-refractivity contribution in [2.45, 2.75) is 31.0 Å². The number of rotatable bonds is 4. The SMILES string of the molecule is CC1CN(S(=O)(=O)c2cccc(C(=O)Nc3ncccc3O)c2)CC(C)O1. The average Bonchev–Trinajstić information content (AvgIpc) is 2.63. The van der Waals surface area contributed by atoms with Gasteiger partial charge in [0, 0.05) is 24.8 Å². The van der Waals surface area contributed by atoms with Gasteiger partial charge in [0.15, 0.2) is 11.6 Å². The van der Waals surface area contributed by atoms with Crippen LogP contribution in [-0.4, -0.2) is 54.0 Å². The lowest BCUT2D eigenvalue weighted by molar-refractivity contribution is -0.0440. The third-order valence-corrected chi connectivity index (χ3v) is 5.97. The fraction of sp³-hybridized carbons (Fsp3) is 0.333. The van der Waals surface area contributed by atoms with Crippen LogP contribution in [0.1, 0.15) is 24.2 Å². The third kappa shape index (κ3) is 4.26. The lowest BCUT2D eigenvalue weighted by Gasteiger charge is -2.34. The Labute approximate surface area is 157 Å². The molecule has 2 unspecified atom stereocenters. The lowest BCUT2D eigenvalue weighted by atomic mass is 10.2. The second kappa shape index (κ2) is 7.63. The number of amides is 1. The van der Waals surface area contributed by atoms with Gasteiger partial charge in [0.2, 0.25) is 10.0 Å². The molecule has 2 atom stereocenters. The van der Waals surface area contributed by atoms with Crippen LogP contribution in [0.3, 0.4) is 0 Å². The first kappa shape index (κ1) is 19.3. The molecule has 1 amide bonds. The number of carbonyl (C=O) groups excluding carboxylic acids is 1. The maximum absolute atomic E-state index is 13.0. The number of hydrogen-bond acceptors (Lipinski definition) is 6. The standard InChI is InChI=1S/C18H21N3O5S/c1-12-10-21(11-13(2)26-12)27(24,25)15-6-3-5-14(9-15)18(23)20-17-16(22)7-4-8-19-17/h3-9,12-13,22H,10-11H2,1-2H3,(H,19,20,23). The van der Waals surface area contributed by atoms with E-state index in [0.717, 1.165) is 0 Å². The van der Waals surface area contributed by atoms with Crippen molar-refractivity contribution in [1.82, 2.24) is 9.29 Å². The summed E-state index contributed by atoms with van der Waals surface area (Å²) < 4.78 is 32.9. The number of carbonyl (C=O) groups is 1. The molecule has 1 aliphatic rings. The molecule has 0 saturated carbocycles. The van der Waals surface area contributed by atoms with E-state index in [1.54, 1.807) is 0 Å². The normalized spacial score (nSPS) is 21.0. The molecule has 1 saturated heterocycles. The number of ether oxygens (including phenoxy) is 1. The Morgan fingerprint density at radius 1 is 1.22 bits per heavy atom. The predicted octanol–water partition coefficient (Wildman–Crippen LogP) is 1.84. The first-order valence-corrected chi connectivity index (χ1v) is 9.92. The van der Waals surface area contributed by atoms with E-state index < -0.39 is 15.9 Å². The van der Waals surface area contributed by atoms with Crippen molar-refractivity contribution in [1.29, 1.82) is 0 Å². The molecular weight excluding hydrogens is 370 g/mol. The summed E-state index contributed by atoms with van der Waals surface area (Å²) in [7, 11) is -3.76. The van der Waals surface area contributed by atoms with Gasteiger partial charge in [-0.2, -0.15) is 4.31 Å². The van der Waals surface area contributed by atoms with E-state index in [4.69, 9.17) is 4.74 Å². The van der Waals surface area contributed by atoms with Gasteiger partial charge in [0.25, 0.3) is 5.91 Å². The molecule has 0 aliphatic carbocycles. The molecule has 1 aromatic heterocycles. The molecule has 1 aliphatic heterocycles. The molecule has 2 heterocycles. The minimum atomic E-state index is -3.76. The van der Waals surface area contributed by atoms with Gasteiger partial charge >= 0.3 is 0 Å². The van der Waals surface area contributed by atoms with Crippen molar-refractivity contribution >= 4 is 21.7 Å². The zero-order valence-electron chi connectivity index (χ0n) is 15.0. The van der Waals surface area contributed by atoms with E-state index >= 15 is 0 Å². The number of aromatic nitrogens is 1. The number of pyridine rings is 1. The molecule has 27 heavy (non-hydrogen) atoms. The molecule has 3 rings (SSSR count). The van der Waals surface area contributed by atoms with Gasteiger partial charge in [-0.05, 0) is 44.2 Å². The van der Waals surface area contributed by atoms with Gasteiger partial charge in [-0.3, -0.25) is 4.79 Å². The highest BCUT2D eigenvalue weighted by Crippen LogP contribution is 2.23. The van der Waals surface area contributed by atoms with E-state index in [1.807, 2.05) is 13.8 Å². The minimum absolute atomic E-state index is 0.00610. The molecular formula is C18H21N3O5S. The van der Waals surface area contributed by atoms with Crippen LogP contribution < -0.4 is 5.32 Å². The summed E-state index contributed by atoms with van der Waals surface area (Å²) in [6.45, 7) is 4.15. The molecule has 0 spiro atoms. The highest BCUT2D eigenvalue weighted by Gasteiger charge is 2.32. The fourth-order valence-corrected chi connectivity index (χ4v) is 4.58. The molecule has 144 valence electrons. The van der Waals surface area contributed by atoms with Crippen LogP contribution in [0.4, 0.5) is 5.82 Å². The number of anilines is 1. The molecule has 2 aromatic rings. The molecule has 0 bridgehead atoms. The van der Waals surface area contributed by atoms with Crippen molar-refractivity contribution in [3.8, 4) is 5.75 Å². The maximum atomic E-state index is 13.0. The summed E-state index contributed by atoms with van der Waals surface area (Å²) >= 11 is 0. The number of morpholine rings is 1. The molecule has 1 aromatic carbocycles. The minimum Gasteiger partial charge on any atom is -0.504 e. The van der Waals surface area contributed by atoms with Gasteiger partial charge in [-0.1, -0.05) is 6.07 Å². The number of nitrogens with zero attached hydrogens (tertiary/aromatic N) is 2. The second-order valence-electron chi connectivity index (χ2n) is 6.43. The Hall–Kier alpha value is -2.49. The Morgan fingerprint density at radius 3 is 2.59 bits per heavy atom. The Bertz CT molecular complexity index is 938. The zero-order valence-corrected chi connectivity index (χ0v) is 15.8. The van der Waals surface area contributed by atoms with Crippen LogP contribution in [-0.2, 0) is 14.8 Å². The highest BCUT2D eigenvalue weighted by molar-refractivity contribution is 7.89. The molecule has 8 nitrogen and oxygen atoms in total. The number of benzene rings is 1. The van der Waals surface area contributed by atoms with Crippen LogP contribution in [0, 0.1) is 0 Å². The maximum Gasteiger partial charge on any atom is 0.256 e. The smallest absolute Gasteiger partial charge is 0.256 e. The van der Waals surface area contributed by atoms with Gasteiger partial charge in [-0.25, -0.2) is 13.4 Å². The van der Waals surface area contributed by atoms with E-state index in [-0.39, 0.29) is 47.3 Å². The number of hydrogen-bond donors (Lipinski definition) is 2. The number of aromatic hydroxyl groups is 1. The van der Waals surface area contributed by atoms with Crippen LogP contribution in [0.15, 0.2) is 47.5 Å². The number of sulfonamides is 1. The quantitative estimate of drug-likeness (QED) is 0.823. The van der Waals surface area contributed by atoms with E-state index in [0.29, 0.717) is 0 Å². The van der Waals surface area contributed by atoms with Crippen LogP contribution in [0.25, 0.3) is 0 Å². The summed E-state index contributed by atoms with van der Waals surface area (Å²) in [6.07, 6.45) is 1.01. The average molecular weight is 391 g/mol. The molecule has 0 radical (unpaired) electrons. The van der Waals surface area contributed by atoms with Gasteiger partial charge in [0.05, 0.1) is 17.1 Å². The largest absolute Gasteiger partial charge is 0.504 e. The van der Waals surface area contributed by atoms with E-state index in [9.17, 15) is 18.3 Å². The van der Waals surface area contributed by atoms with Crippen LogP contribution >= 0.6 is 0 Å².